The van der Waals surface area contributed by atoms with Crippen molar-refractivity contribution in [2.24, 2.45) is 23.0 Å². The van der Waals surface area contributed by atoms with Gasteiger partial charge in [-0.05, 0) is 63.1 Å². The molecule has 0 aromatic carbocycles. The van der Waals surface area contributed by atoms with Gasteiger partial charge in [-0.1, -0.05) is 25.9 Å². The second-order valence-corrected chi connectivity index (χ2v) is 9.37. The maximum Gasteiger partial charge on any atom is 0.273 e. The summed E-state index contributed by atoms with van der Waals surface area (Å²) < 4.78 is 5.44. The molecule has 1 fully saturated rings. The van der Waals surface area contributed by atoms with Crippen molar-refractivity contribution in [2.75, 3.05) is 26.2 Å². The van der Waals surface area contributed by atoms with E-state index in [2.05, 4.69) is 36.1 Å². The van der Waals surface area contributed by atoms with Gasteiger partial charge in [-0.2, -0.15) is 0 Å². The second-order valence-electron chi connectivity index (χ2n) is 9.37. The molecule has 7 heteroatoms. The van der Waals surface area contributed by atoms with Crippen molar-refractivity contribution >= 4 is 11.8 Å². The van der Waals surface area contributed by atoms with Crippen LogP contribution in [0.3, 0.4) is 0 Å². The molecule has 2 amide bonds. The molecule has 0 bridgehead atoms. The van der Waals surface area contributed by atoms with Crippen LogP contribution in [0.1, 0.15) is 68.3 Å². The third-order valence-corrected chi connectivity index (χ3v) is 6.41. The maximum absolute atomic E-state index is 12.6. The SMILES string of the molecule is CC(C)(C)[C@H]1CCc2onc(C(=O)NCCCN3CCC(C(N)=O)CC3)c2C1. The highest BCUT2D eigenvalue weighted by Gasteiger charge is 2.34. The van der Waals surface area contributed by atoms with Crippen molar-refractivity contribution in [3.05, 3.63) is 17.0 Å². The van der Waals surface area contributed by atoms with E-state index in [4.69, 9.17) is 10.3 Å². The number of hydrogen-bond donors (Lipinski definition) is 2. The van der Waals surface area contributed by atoms with Gasteiger partial charge in [-0.3, -0.25) is 9.59 Å². The number of piperidine rings is 1. The lowest BCUT2D eigenvalue weighted by Gasteiger charge is -2.33. The maximum atomic E-state index is 12.6. The van der Waals surface area contributed by atoms with E-state index >= 15 is 0 Å². The lowest BCUT2D eigenvalue weighted by atomic mass is 9.71. The molecule has 1 atom stereocenters. The molecule has 0 unspecified atom stereocenters. The van der Waals surface area contributed by atoms with Crippen LogP contribution in [0.2, 0.25) is 0 Å². The number of fused-ring (bicyclic) bond motifs is 1. The molecular formula is C21H34N4O3. The first-order valence-electron chi connectivity index (χ1n) is 10.5. The van der Waals surface area contributed by atoms with E-state index in [9.17, 15) is 9.59 Å². The predicted octanol–water partition coefficient (Wildman–Crippen LogP) is 2.14. The van der Waals surface area contributed by atoms with E-state index in [0.29, 0.717) is 18.2 Å². The summed E-state index contributed by atoms with van der Waals surface area (Å²) in [5.41, 5.74) is 7.05. The van der Waals surface area contributed by atoms with Gasteiger partial charge in [0.05, 0.1) is 0 Å². The van der Waals surface area contributed by atoms with Crippen molar-refractivity contribution in [3.63, 3.8) is 0 Å². The average molecular weight is 391 g/mol. The van der Waals surface area contributed by atoms with Gasteiger partial charge in [0.1, 0.15) is 5.76 Å². The largest absolute Gasteiger partial charge is 0.369 e. The van der Waals surface area contributed by atoms with Gasteiger partial charge in [-0.25, -0.2) is 0 Å². The Morgan fingerprint density at radius 1 is 1.25 bits per heavy atom. The molecular weight excluding hydrogens is 356 g/mol. The van der Waals surface area contributed by atoms with Crippen LogP contribution < -0.4 is 11.1 Å². The number of carbonyl (C=O) groups excluding carboxylic acids is 2. The molecule has 28 heavy (non-hydrogen) atoms. The van der Waals surface area contributed by atoms with E-state index in [1.165, 1.54) is 0 Å². The Morgan fingerprint density at radius 2 is 1.96 bits per heavy atom. The Morgan fingerprint density at radius 3 is 2.61 bits per heavy atom. The van der Waals surface area contributed by atoms with Gasteiger partial charge in [0, 0.05) is 24.4 Å². The lowest BCUT2D eigenvalue weighted by molar-refractivity contribution is -0.123. The Labute approximate surface area is 167 Å². The summed E-state index contributed by atoms with van der Waals surface area (Å²) in [6.07, 6.45) is 5.35. The number of hydrogen-bond acceptors (Lipinski definition) is 5. The Bertz CT molecular complexity index is 699. The van der Waals surface area contributed by atoms with Gasteiger partial charge < -0.3 is 20.5 Å². The summed E-state index contributed by atoms with van der Waals surface area (Å²) in [5.74, 6) is 1.12. The highest BCUT2D eigenvalue weighted by atomic mass is 16.5. The topological polar surface area (TPSA) is 101 Å². The van der Waals surface area contributed by atoms with E-state index in [-0.39, 0.29) is 23.1 Å². The number of aromatic nitrogens is 1. The van der Waals surface area contributed by atoms with Gasteiger partial charge in [0.15, 0.2) is 5.69 Å². The van der Waals surface area contributed by atoms with Crippen molar-refractivity contribution in [3.8, 4) is 0 Å². The van der Waals surface area contributed by atoms with E-state index < -0.39 is 0 Å². The first-order chi connectivity index (χ1) is 13.3. The molecule has 2 aliphatic rings. The molecule has 1 saturated heterocycles. The van der Waals surface area contributed by atoms with Crippen LogP contribution in [-0.2, 0) is 17.6 Å². The molecule has 3 N–H and O–H groups in total. The summed E-state index contributed by atoms with van der Waals surface area (Å²) in [5, 5.41) is 7.06. The number of rotatable bonds is 6. The van der Waals surface area contributed by atoms with Crippen LogP contribution in [0, 0.1) is 17.3 Å². The van der Waals surface area contributed by atoms with Crippen molar-refractivity contribution in [1.82, 2.24) is 15.4 Å². The third kappa shape index (κ3) is 4.93. The van der Waals surface area contributed by atoms with Crippen LogP contribution in [-0.4, -0.2) is 48.0 Å². The minimum atomic E-state index is -0.184. The van der Waals surface area contributed by atoms with Crippen molar-refractivity contribution in [1.29, 1.82) is 0 Å². The molecule has 156 valence electrons. The van der Waals surface area contributed by atoms with E-state index in [1.54, 1.807) is 0 Å². The number of nitrogens with zero attached hydrogens (tertiary/aromatic N) is 2. The zero-order chi connectivity index (χ0) is 20.3. The molecule has 1 aromatic heterocycles. The second kappa shape index (κ2) is 8.64. The monoisotopic (exact) mass is 390 g/mol. The van der Waals surface area contributed by atoms with Gasteiger partial charge in [0.2, 0.25) is 5.91 Å². The Balaban J connectivity index is 1.44. The number of amides is 2. The molecule has 1 aliphatic heterocycles. The standard InChI is InChI=1S/C21H34N4O3/c1-21(2,3)15-5-6-17-16(13-15)18(24-28-17)20(27)23-9-4-10-25-11-7-14(8-12-25)19(22)26/h14-15H,4-13H2,1-3H3,(H2,22,26)(H,23,27)/t15-/m0/s1. The Kier molecular flexibility index (Phi) is 6.43. The molecule has 3 rings (SSSR count). The third-order valence-electron chi connectivity index (χ3n) is 6.41. The molecule has 7 nitrogen and oxygen atoms in total. The first kappa shape index (κ1) is 20.8. The van der Waals surface area contributed by atoms with Crippen LogP contribution in [0.5, 0.6) is 0 Å². The average Bonchev–Trinajstić information content (AvgIpc) is 3.08. The van der Waals surface area contributed by atoms with E-state index in [0.717, 1.165) is 69.5 Å². The highest BCUT2D eigenvalue weighted by molar-refractivity contribution is 5.93. The molecule has 0 saturated carbocycles. The zero-order valence-corrected chi connectivity index (χ0v) is 17.4. The summed E-state index contributed by atoms with van der Waals surface area (Å²) in [6, 6.07) is 0. The number of likely N-dealkylation sites (tertiary alicyclic amines) is 1. The number of nitrogens with one attached hydrogen (secondary N) is 1. The van der Waals surface area contributed by atoms with Crippen LogP contribution in [0.25, 0.3) is 0 Å². The summed E-state index contributed by atoms with van der Waals surface area (Å²) >= 11 is 0. The fourth-order valence-corrected chi connectivity index (χ4v) is 4.35. The van der Waals surface area contributed by atoms with Gasteiger partial charge in [-0.15, -0.1) is 0 Å². The van der Waals surface area contributed by atoms with Crippen molar-refractivity contribution < 1.29 is 14.1 Å². The number of nitrogens with two attached hydrogens (primary N) is 1. The zero-order valence-electron chi connectivity index (χ0n) is 17.4. The van der Waals surface area contributed by atoms with Crippen LogP contribution in [0.4, 0.5) is 0 Å². The van der Waals surface area contributed by atoms with E-state index in [1.807, 2.05) is 0 Å². The molecule has 1 aromatic rings. The summed E-state index contributed by atoms with van der Waals surface area (Å²) in [7, 11) is 0. The predicted molar refractivity (Wildman–Crippen MR) is 107 cm³/mol. The van der Waals surface area contributed by atoms with Gasteiger partial charge in [0.25, 0.3) is 5.91 Å². The molecule has 0 spiro atoms. The summed E-state index contributed by atoms with van der Waals surface area (Å²) in [6.45, 7) is 10.1. The number of carbonyl (C=O) groups is 2. The minimum Gasteiger partial charge on any atom is -0.369 e. The van der Waals surface area contributed by atoms with Crippen LogP contribution in [0.15, 0.2) is 4.52 Å². The van der Waals surface area contributed by atoms with Gasteiger partial charge >= 0.3 is 0 Å². The molecule has 0 radical (unpaired) electrons. The number of aryl methyl sites for hydroxylation is 1. The molecule has 1 aliphatic carbocycles. The highest BCUT2D eigenvalue weighted by Crippen LogP contribution is 2.38. The first-order valence-corrected chi connectivity index (χ1v) is 10.5. The lowest BCUT2D eigenvalue weighted by Crippen LogP contribution is -2.39. The fourth-order valence-electron chi connectivity index (χ4n) is 4.35. The Hall–Kier alpha value is -1.89. The fraction of sp³-hybridized carbons (Fsp3) is 0.762. The van der Waals surface area contributed by atoms with Crippen molar-refractivity contribution in [2.45, 2.75) is 59.3 Å². The normalized spacial score (nSPS) is 21.3. The summed E-state index contributed by atoms with van der Waals surface area (Å²) in [4.78, 5) is 26.2. The smallest absolute Gasteiger partial charge is 0.273 e. The number of primary amides is 1. The minimum absolute atomic E-state index is 0.0196. The van der Waals surface area contributed by atoms with Crippen LogP contribution >= 0.6 is 0 Å². The molecule has 2 heterocycles. The quantitative estimate of drug-likeness (QED) is 0.725.